The first-order chi connectivity index (χ1) is 4.54. The Labute approximate surface area is 138 Å². The van der Waals surface area contributed by atoms with Crippen LogP contribution in [0.1, 0.15) is 28.7 Å². The van der Waals surface area contributed by atoms with E-state index >= 15 is 0 Å². The second kappa shape index (κ2) is 29.2. The molecular formula is C8H22N2O2Y2. The van der Waals surface area contributed by atoms with E-state index in [-0.39, 0.29) is 91.8 Å². The van der Waals surface area contributed by atoms with Crippen molar-refractivity contribution in [3.05, 3.63) is 13.1 Å². The van der Waals surface area contributed by atoms with Gasteiger partial charge >= 0.3 is 0 Å². The summed E-state index contributed by atoms with van der Waals surface area (Å²) in [5.74, 6) is 0.0370. The molecule has 0 bridgehead atoms. The fourth-order valence-electron chi connectivity index (χ4n) is 0. The van der Waals surface area contributed by atoms with E-state index in [2.05, 4.69) is 11.5 Å². The van der Waals surface area contributed by atoms with Crippen molar-refractivity contribution in [3.8, 4) is 0 Å². The number of Topliss-reactive ketones (excluding diaryl/α,β-unsaturated/α-hetero) is 2. The zero-order valence-corrected chi connectivity index (χ0v) is 13.2. The summed E-state index contributed by atoms with van der Waals surface area (Å²) in [6.45, 7) is 5.49. The van der Waals surface area contributed by atoms with Gasteiger partial charge in [-0.15, -0.1) is 13.1 Å². The minimum Gasteiger partial charge on any atom is -0.466 e. The summed E-state index contributed by atoms with van der Waals surface area (Å²) in [6.07, 6.45) is 0. The Kier molecular flexibility index (Phi) is 75.6. The molecule has 6 heteroatoms. The molecule has 2 radical (unpaired) electrons. The standard InChI is InChI=1S/2C3H7NO.2CH4.2Y/c2*1-3(5)2-4;;;;/h2*2H,1,4H3;2*1H4;;. The summed E-state index contributed by atoms with van der Waals surface area (Å²) in [5, 5.41) is 0. The van der Waals surface area contributed by atoms with Gasteiger partial charge in [-0.05, 0) is 13.8 Å². The minimum absolute atomic E-state index is 0. The van der Waals surface area contributed by atoms with E-state index in [1.54, 1.807) is 0 Å². The summed E-state index contributed by atoms with van der Waals surface area (Å²) >= 11 is 0. The molecule has 0 saturated carbocycles. The van der Waals surface area contributed by atoms with Crippen LogP contribution in [0, 0.1) is 13.1 Å². The van der Waals surface area contributed by atoms with Crippen LogP contribution in [-0.2, 0) is 75.0 Å². The Balaban J connectivity index is -0.0000000178. The van der Waals surface area contributed by atoms with Crippen molar-refractivity contribution in [2.75, 3.05) is 0 Å². The molecule has 0 unspecified atom stereocenters. The molecule has 0 aromatic carbocycles. The molecule has 0 aliphatic rings. The third-order valence-corrected chi connectivity index (χ3v) is 0.575. The first-order valence-electron chi connectivity index (χ1n) is 2.80. The Morgan fingerprint density at radius 1 is 0.857 bits per heavy atom. The molecule has 4 nitrogen and oxygen atoms in total. The monoisotopic (exact) mass is 356 g/mol. The predicted octanol–water partition coefficient (Wildman–Crippen LogP) is -0.775. The molecule has 6 N–H and O–H groups in total. The molecule has 14 heavy (non-hydrogen) atoms. The summed E-state index contributed by atoms with van der Waals surface area (Å²) in [7, 11) is 0. The van der Waals surface area contributed by atoms with Crippen molar-refractivity contribution < 1.29 is 86.5 Å². The largest absolute Gasteiger partial charge is 0.466 e. The zero-order valence-electron chi connectivity index (χ0n) is 7.54. The maximum absolute atomic E-state index is 9.69. The van der Waals surface area contributed by atoms with E-state index in [1.165, 1.54) is 26.9 Å². The summed E-state index contributed by atoms with van der Waals surface area (Å²) in [5.41, 5.74) is 6.42. The van der Waals surface area contributed by atoms with Crippen molar-refractivity contribution >= 4 is 11.6 Å². The van der Waals surface area contributed by atoms with Gasteiger partial charge in [0.1, 0.15) is 0 Å². The van der Waals surface area contributed by atoms with Gasteiger partial charge in [0.15, 0.2) is 0 Å². The fourth-order valence-corrected chi connectivity index (χ4v) is 0. The maximum atomic E-state index is 9.69. The van der Waals surface area contributed by atoms with Crippen LogP contribution < -0.4 is 11.5 Å². The second-order valence-corrected chi connectivity index (χ2v) is 1.63. The molecular weight excluding hydrogens is 334 g/mol. The van der Waals surface area contributed by atoms with Crippen molar-refractivity contribution in [3.63, 3.8) is 0 Å². The number of ketones is 2. The molecule has 0 fully saturated rings. The fraction of sp³-hybridized carbons (Fsp3) is 0.500. The van der Waals surface area contributed by atoms with Crippen LogP contribution in [0.5, 0.6) is 0 Å². The molecule has 0 rings (SSSR count). The molecule has 82 valence electrons. The Morgan fingerprint density at radius 2 is 0.929 bits per heavy atom. The van der Waals surface area contributed by atoms with Crippen molar-refractivity contribution in [1.82, 2.24) is 0 Å². The first kappa shape index (κ1) is 36.2. The number of carbonyl (C=O) groups is 2. The number of hydrogen-bond donors (Lipinski definition) is 2. The van der Waals surface area contributed by atoms with E-state index in [4.69, 9.17) is 0 Å². The van der Waals surface area contributed by atoms with Gasteiger partial charge in [0.2, 0.25) is 0 Å². The van der Waals surface area contributed by atoms with E-state index in [1.807, 2.05) is 0 Å². The van der Waals surface area contributed by atoms with E-state index in [9.17, 15) is 9.59 Å². The average Bonchev–Trinajstić information content (AvgIpc) is 1.89. The van der Waals surface area contributed by atoms with Crippen LogP contribution >= 0.6 is 0 Å². The summed E-state index contributed by atoms with van der Waals surface area (Å²) < 4.78 is 0. The maximum Gasteiger partial charge on any atom is 0.0475 e. The van der Waals surface area contributed by atoms with Gasteiger partial charge in [0.25, 0.3) is 0 Å². The number of hydrogen-bond acceptors (Lipinski definition) is 2. The minimum atomic E-state index is 0. The van der Waals surface area contributed by atoms with Crippen LogP contribution in [0.25, 0.3) is 0 Å². The van der Waals surface area contributed by atoms with Gasteiger partial charge in [-0.25, -0.2) is 0 Å². The van der Waals surface area contributed by atoms with Gasteiger partial charge < -0.3 is 21.1 Å². The average molecular weight is 356 g/mol. The van der Waals surface area contributed by atoms with Crippen LogP contribution in [-0.4, -0.2) is 11.6 Å². The molecule has 0 heterocycles. The number of carbonyl (C=O) groups excluding carboxylic acids is 2. The predicted molar refractivity (Wildman–Crippen MR) is 49.2 cm³/mol. The zero-order chi connectivity index (χ0) is 8.57. The van der Waals surface area contributed by atoms with Crippen LogP contribution in [0.15, 0.2) is 0 Å². The smallest absolute Gasteiger partial charge is 0.0475 e. The van der Waals surface area contributed by atoms with Gasteiger partial charge in [0, 0.05) is 77.0 Å². The molecule has 0 atom stereocenters. The SMILES string of the molecule is C.C.CC(=O)[CH-][NH3+].CC(=O)[CH-][NH3+].[Y].[Y]. The third-order valence-electron chi connectivity index (χ3n) is 0.575. The van der Waals surface area contributed by atoms with Gasteiger partial charge in [-0.2, -0.15) is 0 Å². The summed E-state index contributed by atoms with van der Waals surface area (Å²) in [4.78, 5) is 19.4. The molecule has 0 saturated heterocycles. The van der Waals surface area contributed by atoms with Gasteiger partial charge in [-0.3, -0.25) is 0 Å². The van der Waals surface area contributed by atoms with Crippen molar-refractivity contribution in [1.29, 1.82) is 0 Å². The quantitative estimate of drug-likeness (QED) is 0.636. The van der Waals surface area contributed by atoms with E-state index in [0.717, 1.165) is 0 Å². The number of quaternary nitrogens is 2. The normalized spacial score (nSPS) is 4.86. The molecule has 0 amide bonds. The van der Waals surface area contributed by atoms with E-state index in [0.29, 0.717) is 0 Å². The first-order valence-corrected chi connectivity index (χ1v) is 2.80. The van der Waals surface area contributed by atoms with Crippen LogP contribution in [0.3, 0.4) is 0 Å². The molecule has 0 aliphatic carbocycles. The Hall–Kier alpha value is 1.21. The van der Waals surface area contributed by atoms with Crippen molar-refractivity contribution in [2.24, 2.45) is 0 Å². The summed E-state index contributed by atoms with van der Waals surface area (Å²) in [6, 6.07) is 0. The Bertz CT molecular complexity index is 108. The molecule has 0 aliphatic heterocycles. The van der Waals surface area contributed by atoms with Crippen molar-refractivity contribution in [2.45, 2.75) is 28.7 Å². The third kappa shape index (κ3) is 72.6. The number of rotatable bonds is 2. The Morgan fingerprint density at radius 3 is 0.929 bits per heavy atom. The van der Waals surface area contributed by atoms with Crippen LogP contribution in [0.2, 0.25) is 0 Å². The molecule has 0 aromatic rings. The van der Waals surface area contributed by atoms with E-state index < -0.39 is 0 Å². The molecule has 0 spiro atoms. The second-order valence-electron chi connectivity index (χ2n) is 1.63. The topological polar surface area (TPSA) is 89.4 Å². The van der Waals surface area contributed by atoms with Crippen LogP contribution in [0.4, 0.5) is 0 Å². The molecule has 0 aromatic heterocycles. The van der Waals surface area contributed by atoms with Gasteiger partial charge in [-0.1, -0.05) is 14.9 Å². The van der Waals surface area contributed by atoms with Gasteiger partial charge in [0.05, 0.1) is 0 Å².